The van der Waals surface area contributed by atoms with E-state index in [1.54, 1.807) is 30.5 Å². The first-order valence-electron chi connectivity index (χ1n) is 12.5. The van der Waals surface area contributed by atoms with Crippen LogP contribution in [0.4, 0.5) is 18.9 Å². The third-order valence-electron chi connectivity index (χ3n) is 6.38. The number of nitrogens with zero attached hydrogens (tertiary/aromatic N) is 2. The predicted octanol–water partition coefficient (Wildman–Crippen LogP) is 7.72. The molecule has 0 bridgehead atoms. The minimum atomic E-state index is -4.54. The van der Waals surface area contributed by atoms with Crippen molar-refractivity contribution >= 4 is 57.5 Å². The van der Waals surface area contributed by atoms with Gasteiger partial charge in [0.1, 0.15) is 0 Å². The van der Waals surface area contributed by atoms with Crippen molar-refractivity contribution in [2.75, 3.05) is 24.2 Å². The van der Waals surface area contributed by atoms with Gasteiger partial charge in [-0.15, -0.1) is 11.8 Å². The highest BCUT2D eigenvalue weighted by Crippen LogP contribution is 2.37. The van der Waals surface area contributed by atoms with Gasteiger partial charge in [0.15, 0.2) is 5.72 Å². The quantitative estimate of drug-likeness (QED) is 0.165. The van der Waals surface area contributed by atoms with E-state index in [0.717, 1.165) is 53.4 Å². The van der Waals surface area contributed by atoms with Crippen LogP contribution < -0.4 is 5.32 Å². The number of carbonyl (C=O) groups excluding carboxylic acids is 1. The number of unbranched alkanes of at least 4 members (excludes halogenated alkanes) is 3. The molecule has 1 amide bonds. The molecule has 0 fully saturated rings. The van der Waals surface area contributed by atoms with E-state index < -0.39 is 29.8 Å². The van der Waals surface area contributed by atoms with Crippen LogP contribution in [0.3, 0.4) is 0 Å². The lowest BCUT2D eigenvalue weighted by Gasteiger charge is -2.33. The number of benzene rings is 2. The molecule has 1 unspecified atom stereocenters. The van der Waals surface area contributed by atoms with Crippen molar-refractivity contribution in [3.63, 3.8) is 0 Å². The van der Waals surface area contributed by atoms with Gasteiger partial charge in [-0.25, -0.2) is 0 Å². The van der Waals surface area contributed by atoms with Crippen molar-refractivity contribution in [3.05, 3.63) is 76.4 Å². The number of nitrogens with one attached hydrogen (secondary N) is 1. The number of thioether (sulfide) groups is 1. The predicted molar refractivity (Wildman–Crippen MR) is 151 cm³/mol. The Labute approximate surface area is 239 Å². The number of anilines is 1. The van der Waals surface area contributed by atoms with Crippen LogP contribution in [0.1, 0.15) is 32.1 Å². The van der Waals surface area contributed by atoms with Crippen LogP contribution in [-0.4, -0.2) is 51.6 Å². The Bertz CT molecular complexity index is 1340. The van der Waals surface area contributed by atoms with Crippen LogP contribution in [0.2, 0.25) is 10.0 Å². The summed E-state index contributed by atoms with van der Waals surface area (Å²) in [4.78, 5) is 19.1. The molecule has 0 aliphatic carbocycles. The van der Waals surface area contributed by atoms with Gasteiger partial charge in [-0.3, -0.25) is 9.78 Å². The standard InChI is InChI=1S/C28H28Cl2F3N3O2S/c29-20-5-8-22(9-6-20)39-18-27(38)16-19(17-28(31,32)33)26(37)36(27)14-4-2-1-3-12-34-24-11-13-35-25-15-21(30)7-10-23(24)25/h5-11,13,15-16,38H,1-4,12,14,17-18H2,(H,34,35). The van der Waals surface area contributed by atoms with Crippen LogP contribution in [0.5, 0.6) is 0 Å². The molecule has 39 heavy (non-hydrogen) atoms. The molecule has 2 N–H and O–H groups in total. The van der Waals surface area contributed by atoms with Gasteiger partial charge in [-0.2, -0.15) is 13.2 Å². The highest BCUT2D eigenvalue weighted by molar-refractivity contribution is 7.99. The van der Waals surface area contributed by atoms with E-state index in [1.165, 1.54) is 16.7 Å². The summed E-state index contributed by atoms with van der Waals surface area (Å²) in [7, 11) is 0. The molecule has 3 aromatic rings. The molecule has 1 aliphatic heterocycles. The van der Waals surface area contributed by atoms with Gasteiger partial charge in [0.05, 0.1) is 17.7 Å². The molecular weight excluding hydrogens is 570 g/mol. The smallest absolute Gasteiger partial charge is 0.384 e. The van der Waals surface area contributed by atoms with Crippen molar-refractivity contribution in [1.29, 1.82) is 0 Å². The fourth-order valence-electron chi connectivity index (χ4n) is 4.49. The number of hydrogen-bond donors (Lipinski definition) is 2. The van der Waals surface area contributed by atoms with E-state index in [0.29, 0.717) is 16.5 Å². The first-order valence-corrected chi connectivity index (χ1v) is 14.3. The number of hydrogen-bond acceptors (Lipinski definition) is 5. The number of halogens is 5. The van der Waals surface area contributed by atoms with Gasteiger partial charge in [0, 0.05) is 50.9 Å². The average molecular weight is 599 g/mol. The normalized spacial score (nSPS) is 17.6. The molecule has 1 atom stereocenters. The van der Waals surface area contributed by atoms with E-state index in [9.17, 15) is 23.1 Å². The molecule has 0 radical (unpaired) electrons. The lowest BCUT2D eigenvalue weighted by atomic mass is 10.1. The summed E-state index contributed by atoms with van der Waals surface area (Å²) in [6, 6.07) is 14.4. The maximum Gasteiger partial charge on any atom is 0.393 e. The SMILES string of the molecule is O=C1C(CC(F)(F)F)=CC(O)(CSc2ccc(Cl)cc2)N1CCCCCCNc1ccnc2cc(Cl)ccc12. The molecule has 1 aliphatic rings. The zero-order chi connectivity index (χ0) is 28.0. The number of amides is 1. The number of aromatic nitrogens is 1. The molecule has 4 rings (SSSR count). The zero-order valence-electron chi connectivity index (χ0n) is 21.0. The monoisotopic (exact) mass is 597 g/mol. The average Bonchev–Trinajstić information content (AvgIpc) is 3.10. The first-order chi connectivity index (χ1) is 18.5. The van der Waals surface area contributed by atoms with Crippen LogP contribution in [-0.2, 0) is 4.79 Å². The van der Waals surface area contributed by atoms with E-state index in [4.69, 9.17) is 23.2 Å². The lowest BCUT2D eigenvalue weighted by Crippen LogP contribution is -2.48. The number of aliphatic hydroxyl groups is 1. The molecule has 2 heterocycles. The Kier molecular flexibility index (Phi) is 9.69. The topological polar surface area (TPSA) is 65.5 Å². The Morgan fingerprint density at radius 3 is 2.46 bits per heavy atom. The molecule has 11 heteroatoms. The van der Waals surface area contributed by atoms with Crippen LogP contribution in [0, 0.1) is 0 Å². The largest absolute Gasteiger partial charge is 0.393 e. The van der Waals surface area contributed by atoms with E-state index in [-0.39, 0.29) is 12.3 Å². The molecule has 5 nitrogen and oxygen atoms in total. The molecule has 0 saturated carbocycles. The molecule has 0 spiro atoms. The van der Waals surface area contributed by atoms with Gasteiger partial charge >= 0.3 is 6.18 Å². The Morgan fingerprint density at radius 2 is 1.72 bits per heavy atom. The van der Waals surface area contributed by atoms with Gasteiger partial charge in [0.25, 0.3) is 5.91 Å². The number of carbonyl (C=O) groups is 1. The van der Waals surface area contributed by atoms with E-state index in [1.807, 2.05) is 24.3 Å². The highest BCUT2D eigenvalue weighted by Gasteiger charge is 2.46. The summed E-state index contributed by atoms with van der Waals surface area (Å²) in [6.07, 6.45) is -0.0801. The fourth-order valence-corrected chi connectivity index (χ4v) is 5.73. The summed E-state index contributed by atoms with van der Waals surface area (Å²) in [6.45, 7) is 0.890. The maximum absolute atomic E-state index is 13.1. The summed E-state index contributed by atoms with van der Waals surface area (Å²) < 4.78 is 39.2. The van der Waals surface area contributed by atoms with Crippen molar-refractivity contribution in [2.45, 2.75) is 48.9 Å². The van der Waals surface area contributed by atoms with Crippen LogP contribution >= 0.6 is 35.0 Å². The van der Waals surface area contributed by atoms with Crippen LogP contribution in [0.15, 0.2) is 71.3 Å². The summed E-state index contributed by atoms with van der Waals surface area (Å²) in [5, 5.41) is 16.8. The Morgan fingerprint density at radius 1 is 1.00 bits per heavy atom. The molecular formula is C28H28Cl2F3N3O2S. The summed E-state index contributed by atoms with van der Waals surface area (Å²) in [5.74, 6) is -0.755. The first kappa shape index (κ1) is 29.5. The van der Waals surface area contributed by atoms with Crippen molar-refractivity contribution in [3.8, 4) is 0 Å². The van der Waals surface area contributed by atoms with Crippen molar-refractivity contribution in [2.24, 2.45) is 0 Å². The summed E-state index contributed by atoms with van der Waals surface area (Å²) >= 11 is 13.2. The van der Waals surface area contributed by atoms with E-state index in [2.05, 4.69) is 10.3 Å². The van der Waals surface area contributed by atoms with Crippen molar-refractivity contribution < 1.29 is 23.1 Å². The second-order valence-electron chi connectivity index (χ2n) is 9.40. The third kappa shape index (κ3) is 8.03. The number of fused-ring (bicyclic) bond motifs is 1. The minimum Gasteiger partial charge on any atom is -0.384 e. The number of alkyl halides is 3. The van der Waals surface area contributed by atoms with Gasteiger partial charge in [-0.1, -0.05) is 36.0 Å². The molecule has 208 valence electrons. The zero-order valence-corrected chi connectivity index (χ0v) is 23.3. The fraction of sp³-hybridized carbons (Fsp3) is 0.357. The number of rotatable bonds is 12. The maximum atomic E-state index is 13.1. The van der Waals surface area contributed by atoms with Crippen molar-refractivity contribution in [1.82, 2.24) is 9.88 Å². The van der Waals surface area contributed by atoms with Gasteiger partial charge < -0.3 is 15.3 Å². The summed E-state index contributed by atoms with van der Waals surface area (Å²) in [5.41, 5.74) is -0.444. The third-order valence-corrected chi connectivity index (χ3v) is 8.04. The molecule has 0 saturated heterocycles. The molecule has 1 aromatic heterocycles. The Hall–Kier alpha value is -2.46. The second kappa shape index (κ2) is 12.8. The van der Waals surface area contributed by atoms with Gasteiger partial charge in [0.2, 0.25) is 0 Å². The highest BCUT2D eigenvalue weighted by atomic mass is 35.5. The minimum absolute atomic E-state index is 0.0107. The number of pyridine rings is 1. The van der Waals surface area contributed by atoms with Crippen LogP contribution in [0.25, 0.3) is 10.9 Å². The van der Waals surface area contributed by atoms with Gasteiger partial charge in [-0.05, 0) is 67.4 Å². The lowest BCUT2D eigenvalue weighted by molar-refractivity contribution is -0.145. The Balaban J connectivity index is 1.28. The second-order valence-corrected chi connectivity index (χ2v) is 11.3. The molecule has 2 aromatic carbocycles. The van der Waals surface area contributed by atoms with E-state index >= 15 is 0 Å².